The standard InChI is InChI=1S/C23H23N5O/c1-15-13-20(21(29)27-19-8-6-5-7-18(19)23(2,3)4)28-22(25-15)26-17-11-9-16(14-24)10-12-17/h5-13H,1-4H3,(H,27,29)(H,25,26,28). The van der Waals surface area contributed by atoms with Crippen LogP contribution in [-0.2, 0) is 5.41 Å². The Morgan fingerprint density at radius 2 is 1.72 bits per heavy atom. The van der Waals surface area contributed by atoms with Crippen molar-refractivity contribution in [1.29, 1.82) is 5.26 Å². The van der Waals surface area contributed by atoms with Crippen LogP contribution in [0.25, 0.3) is 0 Å². The molecule has 0 aliphatic rings. The Hall–Kier alpha value is -3.72. The van der Waals surface area contributed by atoms with Gasteiger partial charge in [-0.3, -0.25) is 4.79 Å². The molecule has 0 fully saturated rings. The van der Waals surface area contributed by atoms with E-state index in [0.29, 0.717) is 17.2 Å². The molecular weight excluding hydrogens is 362 g/mol. The summed E-state index contributed by atoms with van der Waals surface area (Å²) in [5.41, 5.74) is 3.96. The van der Waals surface area contributed by atoms with Crippen molar-refractivity contribution in [3.63, 3.8) is 0 Å². The normalized spacial score (nSPS) is 10.9. The largest absolute Gasteiger partial charge is 0.324 e. The first-order valence-electron chi connectivity index (χ1n) is 9.30. The zero-order valence-electron chi connectivity index (χ0n) is 16.9. The second-order valence-corrected chi connectivity index (χ2v) is 7.78. The molecule has 0 unspecified atom stereocenters. The van der Waals surface area contributed by atoms with Gasteiger partial charge in [-0.05, 0) is 54.3 Å². The van der Waals surface area contributed by atoms with Crippen LogP contribution in [0.15, 0.2) is 54.6 Å². The van der Waals surface area contributed by atoms with E-state index < -0.39 is 0 Å². The minimum absolute atomic E-state index is 0.103. The average Bonchev–Trinajstić information content (AvgIpc) is 2.67. The summed E-state index contributed by atoms with van der Waals surface area (Å²) in [4.78, 5) is 21.6. The van der Waals surface area contributed by atoms with Crippen LogP contribution >= 0.6 is 0 Å². The van der Waals surface area contributed by atoms with Gasteiger partial charge in [0.15, 0.2) is 0 Å². The molecule has 0 radical (unpaired) electrons. The van der Waals surface area contributed by atoms with Gasteiger partial charge in [-0.2, -0.15) is 5.26 Å². The highest BCUT2D eigenvalue weighted by Crippen LogP contribution is 2.29. The number of amides is 1. The molecule has 6 heteroatoms. The van der Waals surface area contributed by atoms with Crippen LogP contribution in [-0.4, -0.2) is 15.9 Å². The van der Waals surface area contributed by atoms with Crippen molar-refractivity contribution >= 4 is 23.2 Å². The van der Waals surface area contributed by atoms with Gasteiger partial charge in [0.05, 0.1) is 11.6 Å². The molecule has 2 aromatic carbocycles. The van der Waals surface area contributed by atoms with Crippen LogP contribution in [0.2, 0.25) is 0 Å². The highest BCUT2D eigenvalue weighted by atomic mass is 16.1. The first kappa shape index (κ1) is 20.0. The smallest absolute Gasteiger partial charge is 0.274 e. The van der Waals surface area contributed by atoms with Gasteiger partial charge in [0.1, 0.15) is 5.69 Å². The third kappa shape index (κ3) is 4.96. The second-order valence-electron chi connectivity index (χ2n) is 7.78. The molecule has 3 aromatic rings. The van der Waals surface area contributed by atoms with Crippen molar-refractivity contribution in [2.45, 2.75) is 33.1 Å². The van der Waals surface area contributed by atoms with E-state index in [1.54, 1.807) is 30.3 Å². The molecule has 146 valence electrons. The van der Waals surface area contributed by atoms with Crippen LogP contribution in [0.3, 0.4) is 0 Å². The Morgan fingerprint density at radius 3 is 2.38 bits per heavy atom. The predicted octanol–water partition coefficient (Wildman–Crippen LogP) is 4.95. The monoisotopic (exact) mass is 385 g/mol. The number of anilines is 3. The van der Waals surface area contributed by atoms with Gasteiger partial charge >= 0.3 is 0 Å². The third-order valence-corrected chi connectivity index (χ3v) is 4.34. The molecular formula is C23H23N5O. The van der Waals surface area contributed by atoms with Crippen molar-refractivity contribution in [1.82, 2.24) is 9.97 Å². The Bertz CT molecular complexity index is 1080. The summed E-state index contributed by atoms with van der Waals surface area (Å²) >= 11 is 0. The summed E-state index contributed by atoms with van der Waals surface area (Å²) in [6, 6.07) is 18.4. The maximum atomic E-state index is 12.9. The molecule has 0 spiro atoms. The minimum atomic E-state index is -0.296. The van der Waals surface area contributed by atoms with E-state index in [1.807, 2.05) is 31.2 Å². The zero-order valence-corrected chi connectivity index (χ0v) is 16.9. The number of aromatic nitrogens is 2. The number of carbonyl (C=O) groups excluding carboxylic acids is 1. The van der Waals surface area contributed by atoms with E-state index in [2.05, 4.69) is 47.4 Å². The summed E-state index contributed by atoms with van der Waals surface area (Å²) in [7, 11) is 0. The summed E-state index contributed by atoms with van der Waals surface area (Å²) in [5, 5.41) is 15.0. The van der Waals surface area contributed by atoms with Gasteiger partial charge in [-0.25, -0.2) is 9.97 Å². The maximum Gasteiger partial charge on any atom is 0.274 e. The Labute approximate surface area is 170 Å². The highest BCUT2D eigenvalue weighted by molar-refractivity contribution is 6.03. The fourth-order valence-electron chi connectivity index (χ4n) is 2.93. The van der Waals surface area contributed by atoms with Crippen molar-refractivity contribution in [2.75, 3.05) is 10.6 Å². The van der Waals surface area contributed by atoms with Gasteiger partial charge in [0.25, 0.3) is 5.91 Å². The van der Waals surface area contributed by atoms with Gasteiger partial charge in [0, 0.05) is 17.1 Å². The summed E-state index contributed by atoms with van der Waals surface area (Å²) in [5.74, 6) is 0.0269. The van der Waals surface area contributed by atoms with E-state index in [1.165, 1.54) is 0 Å². The molecule has 0 saturated carbocycles. The molecule has 3 rings (SSSR count). The van der Waals surface area contributed by atoms with Gasteiger partial charge in [-0.1, -0.05) is 39.0 Å². The first-order valence-corrected chi connectivity index (χ1v) is 9.30. The molecule has 0 aliphatic heterocycles. The number of carbonyl (C=O) groups is 1. The topological polar surface area (TPSA) is 90.7 Å². The molecule has 1 aromatic heterocycles. The minimum Gasteiger partial charge on any atom is -0.324 e. The molecule has 0 atom stereocenters. The Balaban J connectivity index is 1.84. The molecule has 0 bridgehead atoms. The molecule has 0 aliphatic carbocycles. The number of hydrogen-bond donors (Lipinski definition) is 2. The van der Waals surface area contributed by atoms with Crippen LogP contribution in [0.5, 0.6) is 0 Å². The van der Waals surface area contributed by atoms with Crippen LogP contribution < -0.4 is 10.6 Å². The summed E-state index contributed by atoms with van der Waals surface area (Å²) in [6.45, 7) is 8.12. The Kier molecular flexibility index (Phi) is 5.60. The van der Waals surface area contributed by atoms with Crippen LogP contribution in [0.1, 0.15) is 48.1 Å². The van der Waals surface area contributed by atoms with Crippen LogP contribution in [0, 0.1) is 18.3 Å². The van der Waals surface area contributed by atoms with E-state index in [0.717, 1.165) is 16.9 Å². The Morgan fingerprint density at radius 1 is 1.03 bits per heavy atom. The first-order chi connectivity index (χ1) is 13.8. The second kappa shape index (κ2) is 8.11. The van der Waals surface area contributed by atoms with Crippen molar-refractivity contribution < 1.29 is 4.79 Å². The lowest BCUT2D eigenvalue weighted by Crippen LogP contribution is -2.20. The lowest BCUT2D eigenvalue weighted by atomic mass is 9.86. The number of nitrogens with one attached hydrogen (secondary N) is 2. The third-order valence-electron chi connectivity index (χ3n) is 4.34. The van der Waals surface area contributed by atoms with Crippen molar-refractivity contribution in [3.8, 4) is 6.07 Å². The zero-order chi connectivity index (χ0) is 21.0. The molecule has 0 saturated heterocycles. The van der Waals surface area contributed by atoms with E-state index in [4.69, 9.17) is 5.26 Å². The number of nitrogens with zero attached hydrogens (tertiary/aromatic N) is 3. The maximum absolute atomic E-state index is 12.9. The van der Waals surface area contributed by atoms with Crippen molar-refractivity contribution in [3.05, 3.63) is 77.1 Å². The lowest BCUT2D eigenvalue weighted by molar-refractivity contribution is 0.102. The molecule has 29 heavy (non-hydrogen) atoms. The molecule has 1 amide bonds. The molecule has 2 N–H and O–H groups in total. The van der Waals surface area contributed by atoms with E-state index in [-0.39, 0.29) is 17.0 Å². The predicted molar refractivity (Wildman–Crippen MR) is 114 cm³/mol. The molecule has 1 heterocycles. The number of rotatable bonds is 4. The van der Waals surface area contributed by atoms with Gasteiger partial charge in [-0.15, -0.1) is 0 Å². The number of para-hydroxylation sites is 1. The quantitative estimate of drug-likeness (QED) is 0.663. The van der Waals surface area contributed by atoms with Crippen LogP contribution in [0.4, 0.5) is 17.3 Å². The summed E-state index contributed by atoms with van der Waals surface area (Å²) < 4.78 is 0. The van der Waals surface area contributed by atoms with E-state index >= 15 is 0 Å². The highest BCUT2D eigenvalue weighted by Gasteiger charge is 2.19. The lowest BCUT2D eigenvalue weighted by Gasteiger charge is -2.23. The number of nitriles is 1. The number of aryl methyl sites for hydroxylation is 1. The summed E-state index contributed by atoms with van der Waals surface area (Å²) in [6.07, 6.45) is 0. The molecule has 6 nitrogen and oxygen atoms in total. The van der Waals surface area contributed by atoms with Gasteiger partial charge in [0.2, 0.25) is 5.95 Å². The van der Waals surface area contributed by atoms with E-state index in [9.17, 15) is 4.79 Å². The SMILES string of the molecule is Cc1cc(C(=O)Nc2ccccc2C(C)(C)C)nc(Nc2ccc(C#N)cc2)n1. The fraction of sp³-hybridized carbons (Fsp3) is 0.217. The number of benzene rings is 2. The number of hydrogen-bond acceptors (Lipinski definition) is 5. The van der Waals surface area contributed by atoms with Gasteiger partial charge < -0.3 is 10.6 Å². The average molecular weight is 385 g/mol. The fourth-order valence-corrected chi connectivity index (χ4v) is 2.93. The van der Waals surface area contributed by atoms with Crippen molar-refractivity contribution in [2.24, 2.45) is 0 Å².